The second-order valence-electron chi connectivity index (χ2n) is 7.22. The Morgan fingerprint density at radius 2 is 1.89 bits per heavy atom. The van der Waals surface area contributed by atoms with Gasteiger partial charge in [-0.15, -0.1) is 11.3 Å². The molecule has 1 unspecified atom stereocenters. The van der Waals surface area contributed by atoms with Gasteiger partial charge in [-0.3, -0.25) is 9.59 Å². The van der Waals surface area contributed by atoms with Crippen molar-refractivity contribution >= 4 is 23.0 Å². The minimum atomic E-state index is -0.513. The summed E-state index contributed by atoms with van der Waals surface area (Å²) in [5.41, 5.74) is 2.31. The maximum Gasteiger partial charge on any atom is 0.290 e. The van der Waals surface area contributed by atoms with Crippen LogP contribution in [0.3, 0.4) is 0 Å². The van der Waals surface area contributed by atoms with Crippen LogP contribution in [0.2, 0.25) is 0 Å². The Balaban J connectivity index is 1.80. The summed E-state index contributed by atoms with van der Waals surface area (Å²) >= 11 is 1.33. The third-order valence-corrected chi connectivity index (χ3v) is 6.52. The van der Waals surface area contributed by atoms with E-state index in [0.29, 0.717) is 4.88 Å². The van der Waals surface area contributed by atoms with Crippen LogP contribution in [-0.2, 0) is 11.2 Å². The molecule has 0 radical (unpaired) electrons. The Labute approximate surface area is 163 Å². The summed E-state index contributed by atoms with van der Waals surface area (Å²) in [6, 6.07) is 11.2. The van der Waals surface area contributed by atoms with Crippen LogP contribution in [0.5, 0.6) is 0 Å². The molecule has 4 rings (SSSR count). The first-order valence-electron chi connectivity index (χ1n) is 9.54. The number of amides is 1. The molecule has 27 heavy (non-hydrogen) atoms. The monoisotopic (exact) mass is 381 g/mol. The highest BCUT2D eigenvalue weighted by atomic mass is 32.1. The molecule has 5 heteroatoms. The van der Waals surface area contributed by atoms with Gasteiger partial charge in [0.15, 0.2) is 5.76 Å². The molecule has 2 aliphatic rings. The first-order valence-corrected chi connectivity index (χ1v) is 10.4. The molecule has 1 aliphatic carbocycles. The van der Waals surface area contributed by atoms with E-state index in [1.807, 2.05) is 35.7 Å². The predicted octanol–water partition coefficient (Wildman–Crippen LogP) is 4.83. The van der Waals surface area contributed by atoms with E-state index in [9.17, 15) is 14.7 Å². The first kappa shape index (κ1) is 18.0. The average Bonchev–Trinajstić information content (AvgIpc) is 3.44. The lowest BCUT2D eigenvalue weighted by atomic mass is 9.93. The SMILES string of the molecule is CCc1ccc(C2C(C(=O)c3cccs3)=C(O)C(=O)N2C2CCCC2)cc1. The van der Waals surface area contributed by atoms with Crippen LogP contribution in [0.4, 0.5) is 0 Å². The number of hydrogen-bond acceptors (Lipinski definition) is 4. The number of thiophene rings is 1. The molecule has 2 heterocycles. The number of nitrogens with zero attached hydrogens (tertiary/aromatic N) is 1. The van der Waals surface area contributed by atoms with E-state index in [-0.39, 0.29) is 23.2 Å². The van der Waals surface area contributed by atoms with Crippen molar-refractivity contribution in [3.63, 3.8) is 0 Å². The van der Waals surface area contributed by atoms with E-state index in [4.69, 9.17) is 0 Å². The lowest BCUT2D eigenvalue weighted by Crippen LogP contribution is -2.38. The Hall–Kier alpha value is -2.40. The molecule has 1 aromatic heterocycles. The molecular formula is C22H23NO3S. The second kappa shape index (κ2) is 7.31. The van der Waals surface area contributed by atoms with Crippen molar-refractivity contribution in [2.75, 3.05) is 0 Å². The minimum Gasteiger partial charge on any atom is -0.503 e. The number of carbonyl (C=O) groups is 2. The van der Waals surface area contributed by atoms with Gasteiger partial charge in [0.1, 0.15) is 0 Å². The highest BCUT2D eigenvalue weighted by molar-refractivity contribution is 7.12. The topological polar surface area (TPSA) is 57.6 Å². The van der Waals surface area contributed by atoms with Gasteiger partial charge in [0.2, 0.25) is 5.78 Å². The minimum absolute atomic E-state index is 0.0733. The van der Waals surface area contributed by atoms with Crippen molar-refractivity contribution in [2.24, 2.45) is 0 Å². The zero-order valence-electron chi connectivity index (χ0n) is 15.4. The van der Waals surface area contributed by atoms with Crippen molar-refractivity contribution in [1.82, 2.24) is 4.90 Å². The molecule has 0 saturated heterocycles. The van der Waals surface area contributed by atoms with Crippen LogP contribution in [0.1, 0.15) is 59.4 Å². The lowest BCUT2D eigenvalue weighted by molar-refractivity contribution is -0.131. The van der Waals surface area contributed by atoms with Gasteiger partial charge in [0.05, 0.1) is 16.5 Å². The molecule has 4 nitrogen and oxygen atoms in total. The molecule has 1 aromatic carbocycles. The van der Waals surface area contributed by atoms with Gasteiger partial charge in [0.25, 0.3) is 5.91 Å². The number of aryl methyl sites for hydroxylation is 1. The Morgan fingerprint density at radius 3 is 2.48 bits per heavy atom. The standard InChI is InChI=1S/C22H23NO3S/c1-2-14-9-11-15(12-10-14)19-18(20(24)17-8-5-13-27-17)21(25)22(26)23(19)16-6-3-4-7-16/h5,8-13,16,19,25H,2-4,6-7H2,1H3. The number of aliphatic hydroxyl groups is 1. The Kier molecular flexibility index (Phi) is 4.87. The summed E-state index contributed by atoms with van der Waals surface area (Å²) in [7, 11) is 0. The van der Waals surface area contributed by atoms with E-state index in [1.165, 1.54) is 16.9 Å². The zero-order chi connectivity index (χ0) is 19.0. The number of rotatable bonds is 5. The molecule has 2 aromatic rings. The van der Waals surface area contributed by atoms with E-state index in [1.54, 1.807) is 11.0 Å². The molecule has 0 bridgehead atoms. The number of benzene rings is 1. The van der Waals surface area contributed by atoms with Crippen LogP contribution < -0.4 is 0 Å². The summed E-state index contributed by atoms with van der Waals surface area (Å²) < 4.78 is 0. The molecule has 140 valence electrons. The fourth-order valence-corrected chi connectivity index (χ4v) is 4.90. The predicted molar refractivity (Wildman–Crippen MR) is 106 cm³/mol. The van der Waals surface area contributed by atoms with Gasteiger partial charge in [-0.25, -0.2) is 0 Å². The lowest BCUT2D eigenvalue weighted by Gasteiger charge is -2.32. The highest BCUT2D eigenvalue weighted by Crippen LogP contribution is 2.43. The van der Waals surface area contributed by atoms with Gasteiger partial charge >= 0.3 is 0 Å². The van der Waals surface area contributed by atoms with Crippen LogP contribution in [0, 0.1) is 0 Å². The maximum absolute atomic E-state index is 13.1. The van der Waals surface area contributed by atoms with E-state index in [0.717, 1.165) is 37.7 Å². The average molecular weight is 381 g/mol. The quantitative estimate of drug-likeness (QED) is 0.755. The summed E-state index contributed by atoms with van der Waals surface area (Å²) in [6.07, 6.45) is 4.92. The maximum atomic E-state index is 13.1. The summed E-state index contributed by atoms with van der Waals surface area (Å²) in [6.45, 7) is 2.09. The van der Waals surface area contributed by atoms with Gasteiger partial charge in [-0.05, 0) is 41.8 Å². The zero-order valence-corrected chi connectivity index (χ0v) is 16.2. The molecule has 0 spiro atoms. The molecule has 1 aliphatic heterocycles. The van der Waals surface area contributed by atoms with Crippen LogP contribution in [0.25, 0.3) is 0 Å². The van der Waals surface area contributed by atoms with Crippen LogP contribution in [-0.4, -0.2) is 27.7 Å². The number of ketones is 1. The van der Waals surface area contributed by atoms with E-state index >= 15 is 0 Å². The molecule has 1 saturated carbocycles. The smallest absolute Gasteiger partial charge is 0.290 e. The normalized spacial score (nSPS) is 20.7. The third kappa shape index (κ3) is 3.10. The van der Waals surface area contributed by atoms with Crippen molar-refractivity contribution in [3.8, 4) is 0 Å². The summed E-state index contributed by atoms with van der Waals surface area (Å²) in [5, 5.41) is 12.5. The van der Waals surface area contributed by atoms with Gasteiger partial charge in [0, 0.05) is 6.04 Å². The largest absolute Gasteiger partial charge is 0.503 e. The number of hydrogen-bond donors (Lipinski definition) is 1. The molecule has 1 fully saturated rings. The molecule has 1 N–H and O–H groups in total. The van der Waals surface area contributed by atoms with Crippen molar-refractivity contribution in [3.05, 3.63) is 69.1 Å². The molecular weight excluding hydrogens is 358 g/mol. The van der Waals surface area contributed by atoms with Gasteiger partial charge < -0.3 is 10.0 Å². The fourth-order valence-electron chi connectivity index (χ4n) is 4.22. The third-order valence-electron chi connectivity index (χ3n) is 5.66. The van der Waals surface area contributed by atoms with Crippen LogP contribution >= 0.6 is 11.3 Å². The highest BCUT2D eigenvalue weighted by Gasteiger charge is 2.47. The Morgan fingerprint density at radius 1 is 1.19 bits per heavy atom. The summed E-state index contributed by atoms with van der Waals surface area (Å²) in [5.74, 6) is -1.04. The van der Waals surface area contributed by atoms with E-state index < -0.39 is 11.9 Å². The molecule has 1 atom stereocenters. The summed E-state index contributed by atoms with van der Waals surface area (Å²) in [4.78, 5) is 28.4. The van der Waals surface area contributed by atoms with E-state index in [2.05, 4.69) is 6.92 Å². The van der Waals surface area contributed by atoms with Crippen LogP contribution in [0.15, 0.2) is 53.1 Å². The van der Waals surface area contributed by atoms with Crippen molar-refractivity contribution in [1.29, 1.82) is 0 Å². The molecule has 1 amide bonds. The first-order chi connectivity index (χ1) is 13.1. The van der Waals surface area contributed by atoms with Gasteiger partial charge in [-0.1, -0.05) is 50.1 Å². The Bertz CT molecular complexity index is 877. The van der Waals surface area contributed by atoms with Crippen molar-refractivity contribution < 1.29 is 14.7 Å². The number of Topliss-reactive ketones (excluding diaryl/α,β-unsaturated/α-hetero) is 1. The van der Waals surface area contributed by atoms with Crippen molar-refractivity contribution in [2.45, 2.75) is 51.1 Å². The number of aliphatic hydroxyl groups excluding tert-OH is 1. The fraction of sp³-hybridized carbons (Fsp3) is 0.364. The number of carbonyl (C=O) groups excluding carboxylic acids is 2. The van der Waals surface area contributed by atoms with Gasteiger partial charge in [-0.2, -0.15) is 0 Å². The second-order valence-corrected chi connectivity index (χ2v) is 8.16.